The lowest BCUT2D eigenvalue weighted by Crippen LogP contribution is -1.89. The molecule has 0 spiro atoms. The predicted molar refractivity (Wildman–Crippen MR) is 75.2 cm³/mol. The normalized spacial score (nSPS) is 12.7. The molecule has 12 heteroatoms. The van der Waals surface area contributed by atoms with Gasteiger partial charge in [0.25, 0.3) is 18.1 Å². The van der Waals surface area contributed by atoms with E-state index in [4.69, 9.17) is 30.2 Å². The van der Waals surface area contributed by atoms with Crippen LogP contribution < -0.4 is 0 Å². The minimum Gasteiger partial charge on any atom is -0.470 e. The van der Waals surface area contributed by atoms with Crippen molar-refractivity contribution in [1.29, 1.82) is 0 Å². The highest BCUT2D eigenvalue weighted by Gasteiger charge is 2.22. The number of rotatable bonds is 5. The van der Waals surface area contributed by atoms with Gasteiger partial charge in [0.2, 0.25) is 0 Å². The summed E-state index contributed by atoms with van der Waals surface area (Å²) in [6.07, 6.45) is 4.34. The molecule has 0 radical (unpaired) electrons. The van der Waals surface area contributed by atoms with E-state index in [-0.39, 0.29) is 19.6 Å². The monoisotopic (exact) mass is 394 g/mol. The van der Waals surface area contributed by atoms with Crippen molar-refractivity contribution in [2.24, 2.45) is 0 Å². The van der Waals surface area contributed by atoms with Crippen LogP contribution in [0.5, 0.6) is 0 Å². The number of hydrogen-bond donors (Lipinski definition) is 0. The summed E-state index contributed by atoms with van der Waals surface area (Å²) >= 11 is 0. The molecule has 0 amide bonds. The zero-order chi connectivity index (χ0) is 15.0. The molecule has 110 valence electrons. The first-order valence-corrected chi connectivity index (χ1v) is 11.3. The van der Waals surface area contributed by atoms with Crippen LogP contribution in [0.4, 0.5) is 0 Å². The number of furan rings is 2. The van der Waals surface area contributed by atoms with Gasteiger partial charge < -0.3 is 8.83 Å². The average molecular weight is 395 g/mol. The Balaban J connectivity index is 2.23. The van der Waals surface area contributed by atoms with E-state index in [1.54, 1.807) is 0 Å². The minimum absolute atomic E-state index is 0.199. The van der Waals surface area contributed by atoms with Crippen LogP contribution >= 0.6 is 43.0 Å². The Hall–Kier alpha value is -0.260. The third-order valence-electron chi connectivity index (χ3n) is 1.93. The second-order valence-corrected chi connectivity index (χ2v) is 10.5. The maximum atomic E-state index is 11.2. The molecule has 2 rings (SSSR count). The summed E-state index contributed by atoms with van der Waals surface area (Å²) in [5, 5.41) is 0. The first-order chi connectivity index (χ1) is 9.19. The molecule has 0 aliphatic rings. The van der Waals surface area contributed by atoms with Crippen LogP contribution in [0.3, 0.4) is 0 Å². The highest BCUT2D eigenvalue weighted by molar-refractivity contribution is 8.76. The van der Waals surface area contributed by atoms with Gasteiger partial charge >= 0.3 is 0 Å². The van der Waals surface area contributed by atoms with Gasteiger partial charge in [-0.25, -0.2) is 16.8 Å². The van der Waals surface area contributed by atoms with Crippen molar-refractivity contribution in [3.63, 3.8) is 0 Å². The van der Waals surface area contributed by atoms with Crippen LogP contribution in [0.15, 0.2) is 53.5 Å². The van der Waals surface area contributed by atoms with Gasteiger partial charge in [0.15, 0.2) is 0 Å². The van der Waals surface area contributed by atoms with Gasteiger partial charge in [-0.1, -0.05) is 0 Å². The molecule has 0 aliphatic carbocycles. The van der Waals surface area contributed by atoms with Gasteiger partial charge in [0.05, 0.1) is 9.79 Å². The largest absolute Gasteiger partial charge is 0.470 e. The average Bonchev–Trinajstić information content (AvgIpc) is 2.93. The second kappa shape index (κ2) is 5.85. The zero-order valence-corrected chi connectivity index (χ0v) is 13.9. The highest BCUT2D eigenvalue weighted by atomic mass is 35.7. The molecule has 0 N–H and O–H groups in total. The Morgan fingerprint density at radius 1 is 0.750 bits per heavy atom. The van der Waals surface area contributed by atoms with E-state index in [2.05, 4.69) is 0 Å². The van der Waals surface area contributed by atoms with Crippen molar-refractivity contribution in [2.75, 3.05) is 0 Å². The Morgan fingerprint density at radius 3 is 1.40 bits per heavy atom. The predicted octanol–water partition coefficient (Wildman–Crippen LogP) is 3.53. The topological polar surface area (TPSA) is 94.6 Å². The van der Waals surface area contributed by atoms with Gasteiger partial charge in [-0.15, -0.1) is 0 Å². The molecule has 2 aromatic rings. The summed E-state index contributed by atoms with van der Waals surface area (Å²) in [6, 6.07) is 0. The van der Waals surface area contributed by atoms with Crippen molar-refractivity contribution in [1.82, 2.24) is 0 Å². The number of hydrogen-bond acceptors (Lipinski definition) is 8. The Kier molecular flexibility index (Phi) is 4.72. The van der Waals surface area contributed by atoms with Crippen LogP contribution in [0.25, 0.3) is 0 Å². The van der Waals surface area contributed by atoms with E-state index in [1.165, 1.54) is 12.5 Å². The van der Waals surface area contributed by atoms with E-state index in [0.717, 1.165) is 34.1 Å². The van der Waals surface area contributed by atoms with Gasteiger partial charge in [-0.05, 0) is 21.6 Å². The molecule has 0 aromatic carbocycles. The molecule has 0 unspecified atom stereocenters. The van der Waals surface area contributed by atoms with Crippen molar-refractivity contribution in [2.45, 2.75) is 19.6 Å². The first-order valence-electron chi connectivity index (χ1n) is 4.56. The smallest absolute Gasteiger partial charge is 0.265 e. The lowest BCUT2D eigenvalue weighted by atomic mass is 10.7. The summed E-state index contributed by atoms with van der Waals surface area (Å²) < 4.78 is 54.5. The van der Waals surface area contributed by atoms with Crippen molar-refractivity contribution < 1.29 is 25.7 Å². The fourth-order valence-electron chi connectivity index (χ4n) is 1.11. The molecule has 6 nitrogen and oxygen atoms in total. The van der Waals surface area contributed by atoms with Crippen molar-refractivity contribution in [3.8, 4) is 0 Å². The molecule has 0 bridgehead atoms. The van der Waals surface area contributed by atoms with Crippen LogP contribution in [0, 0.1) is 0 Å². The van der Waals surface area contributed by atoms with E-state index in [0.29, 0.717) is 0 Å². The molecule has 2 aromatic heterocycles. The van der Waals surface area contributed by atoms with Crippen molar-refractivity contribution >= 4 is 61.1 Å². The summed E-state index contributed by atoms with van der Waals surface area (Å²) in [6.45, 7) is 0. The Labute approximate surface area is 131 Å². The van der Waals surface area contributed by atoms with E-state index in [1.807, 2.05) is 0 Å². The summed E-state index contributed by atoms with van der Waals surface area (Å²) in [5.41, 5.74) is 0. The standard InChI is InChI=1S/C8H4Cl2O6S4/c9-19(11,12)7-3-15-1-5(7)17-18-6-2-16-4-8(6)20(10,13)14/h1-4H. The molecular weight excluding hydrogens is 391 g/mol. The first kappa shape index (κ1) is 16.1. The minimum atomic E-state index is -3.94. The fraction of sp³-hybridized carbons (Fsp3) is 0. The van der Waals surface area contributed by atoms with Crippen molar-refractivity contribution in [3.05, 3.63) is 25.1 Å². The summed E-state index contributed by atoms with van der Waals surface area (Å²) in [7, 11) is 4.45. The zero-order valence-electron chi connectivity index (χ0n) is 9.15. The molecule has 0 fully saturated rings. The van der Waals surface area contributed by atoms with Crippen LogP contribution in [-0.2, 0) is 18.1 Å². The molecule has 0 aliphatic heterocycles. The summed E-state index contributed by atoms with van der Waals surface area (Å²) in [5.74, 6) is 0. The molecule has 0 saturated carbocycles. The lowest BCUT2D eigenvalue weighted by molar-refractivity contribution is 0.555. The Bertz CT molecular complexity index is 749. The number of halogens is 2. The third kappa shape index (κ3) is 3.68. The maximum Gasteiger partial charge on any atom is 0.265 e. The lowest BCUT2D eigenvalue weighted by Gasteiger charge is -1.99. The second-order valence-electron chi connectivity index (χ2n) is 3.24. The molecule has 0 atom stereocenters. The quantitative estimate of drug-likeness (QED) is 0.561. The highest BCUT2D eigenvalue weighted by Crippen LogP contribution is 2.44. The molecular formula is C8H4Cl2O6S4. The van der Waals surface area contributed by atoms with Gasteiger partial charge in [-0.2, -0.15) is 0 Å². The van der Waals surface area contributed by atoms with Gasteiger partial charge in [-0.3, -0.25) is 0 Å². The molecule has 20 heavy (non-hydrogen) atoms. The SMILES string of the molecule is O=S(=O)(Cl)c1cocc1SSc1cocc1S(=O)(=O)Cl. The maximum absolute atomic E-state index is 11.2. The van der Waals surface area contributed by atoms with E-state index in [9.17, 15) is 16.8 Å². The van der Waals surface area contributed by atoms with Crippen LogP contribution in [0.2, 0.25) is 0 Å². The van der Waals surface area contributed by atoms with Crippen LogP contribution in [-0.4, -0.2) is 16.8 Å². The van der Waals surface area contributed by atoms with Crippen LogP contribution in [0.1, 0.15) is 0 Å². The third-order valence-corrected chi connectivity index (χ3v) is 7.27. The molecule has 0 saturated heterocycles. The molecule has 2 heterocycles. The van der Waals surface area contributed by atoms with E-state index < -0.39 is 18.1 Å². The van der Waals surface area contributed by atoms with E-state index >= 15 is 0 Å². The fourth-order valence-corrected chi connectivity index (χ4v) is 6.19. The summed E-state index contributed by atoms with van der Waals surface area (Å²) in [4.78, 5) is 0.0547. The van der Waals surface area contributed by atoms with Gasteiger partial charge in [0.1, 0.15) is 34.8 Å². The van der Waals surface area contributed by atoms with Gasteiger partial charge in [0, 0.05) is 21.4 Å². The Morgan fingerprint density at radius 2 is 1.10 bits per heavy atom.